The van der Waals surface area contributed by atoms with E-state index >= 15 is 0 Å². The van der Waals surface area contributed by atoms with Gasteiger partial charge in [-0.3, -0.25) is 4.98 Å². The van der Waals surface area contributed by atoms with E-state index in [4.69, 9.17) is 9.47 Å². The standard InChI is InChI=1S/C20H18BrF3N4O4S/c1-31-19-17(28-7-14(26-27-28)9-2-12(22)16(24)13(23)3-9)18(30)15(8-29)32-20(19)33-11-4-10(21)5-25-6-11/h2-7,15,17-20,29-30H,8H2,1H3/t15-,17+,18+,19-,20-/m1/s1. The number of aliphatic hydroxyl groups is 2. The van der Waals surface area contributed by atoms with E-state index in [-0.39, 0.29) is 11.3 Å². The molecule has 4 rings (SSSR count). The van der Waals surface area contributed by atoms with Crippen LogP contribution in [-0.4, -0.2) is 67.7 Å². The van der Waals surface area contributed by atoms with Crippen molar-refractivity contribution in [3.05, 3.63) is 58.7 Å². The van der Waals surface area contributed by atoms with E-state index in [1.807, 2.05) is 6.07 Å². The van der Waals surface area contributed by atoms with Gasteiger partial charge in [0.1, 0.15) is 35.5 Å². The summed E-state index contributed by atoms with van der Waals surface area (Å²) in [5.74, 6) is -4.31. The van der Waals surface area contributed by atoms with Crippen LogP contribution in [0.2, 0.25) is 0 Å². The number of aliphatic hydroxyl groups excluding tert-OH is 2. The fourth-order valence-corrected chi connectivity index (χ4v) is 5.26. The molecule has 3 aromatic rings. The normalized spacial score (nSPS) is 25.4. The average molecular weight is 547 g/mol. The van der Waals surface area contributed by atoms with Gasteiger partial charge >= 0.3 is 0 Å². The molecule has 0 aliphatic carbocycles. The Morgan fingerprint density at radius 1 is 1.21 bits per heavy atom. The summed E-state index contributed by atoms with van der Waals surface area (Å²) >= 11 is 4.63. The van der Waals surface area contributed by atoms with Crippen LogP contribution in [0, 0.1) is 17.5 Å². The Bertz CT molecular complexity index is 1120. The molecule has 2 N–H and O–H groups in total. The maximum absolute atomic E-state index is 13.7. The number of ether oxygens (including phenoxy) is 2. The van der Waals surface area contributed by atoms with Gasteiger partial charge in [-0.25, -0.2) is 17.9 Å². The van der Waals surface area contributed by atoms with Gasteiger partial charge in [-0.1, -0.05) is 17.0 Å². The van der Waals surface area contributed by atoms with Crippen LogP contribution in [0.4, 0.5) is 13.2 Å². The van der Waals surface area contributed by atoms with E-state index in [1.165, 1.54) is 29.8 Å². The predicted octanol–water partition coefficient (Wildman–Crippen LogP) is 2.95. The van der Waals surface area contributed by atoms with E-state index in [0.29, 0.717) is 0 Å². The number of methoxy groups -OCH3 is 1. The lowest BCUT2D eigenvalue weighted by Gasteiger charge is -2.43. The number of halogens is 4. The molecule has 1 fully saturated rings. The highest BCUT2D eigenvalue weighted by Gasteiger charge is 2.47. The van der Waals surface area contributed by atoms with Crippen LogP contribution in [0.3, 0.4) is 0 Å². The monoisotopic (exact) mass is 546 g/mol. The van der Waals surface area contributed by atoms with Crippen LogP contribution in [-0.2, 0) is 9.47 Å². The molecule has 0 unspecified atom stereocenters. The lowest BCUT2D eigenvalue weighted by Crippen LogP contribution is -2.55. The van der Waals surface area contributed by atoms with Gasteiger partial charge in [0.25, 0.3) is 0 Å². The molecule has 176 valence electrons. The Balaban J connectivity index is 1.67. The Labute approximate surface area is 198 Å². The van der Waals surface area contributed by atoms with E-state index in [2.05, 4.69) is 31.2 Å². The van der Waals surface area contributed by atoms with Crippen molar-refractivity contribution < 1.29 is 32.9 Å². The van der Waals surface area contributed by atoms with Crippen LogP contribution in [0.1, 0.15) is 6.04 Å². The molecule has 0 bridgehead atoms. The van der Waals surface area contributed by atoms with Gasteiger partial charge in [0.2, 0.25) is 0 Å². The molecular weight excluding hydrogens is 529 g/mol. The zero-order valence-electron chi connectivity index (χ0n) is 17.0. The minimum atomic E-state index is -1.59. The molecule has 5 atom stereocenters. The van der Waals surface area contributed by atoms with Gasteiger partial charge in [-0.05, 0) is 34.1 Å². The second-order valence-electron chi connectivity index (χ2n) is 7.20. The third-order valence-corrected chi connectivity index (χ3v) is 6.66. The smallest absolute Gasteiger partial charge is 0.194 e. The molecule has 0 amide bonds. The minimum Gasteiger partial charge on any atom is -0.394 e. The summed E-state index contributed by atoms with van der Waals surface area (Å²) in [6.07, 6.45) is 1.64. The maximum atomic E-state index is 13.7. The molecule has 1 aliphatic rings. The summed E-state index contributed by atoms with van der Waals surface area (Å²) in [7, 11) is 1.43. The molecule has 1 aromatic carbocycles. The van der Waals surface area contributed by atoms with E-state index < -0.39 is 53.8 Å². The van der Waals surface area contributed by atoms with Crippen molar-refractivity contribution in [2.24, 2.45) is 0 Å². The first-order valence-corrected chi connectivity index (χ1v) is 11.3. The Morgan fingerprint density at radius 2 is 1.94 bits per heavy atom. The Kier molecular flexibility index (Phi) is 7.36. The first-order chi connectivity index (χ1) is 15.8. The van der Waals surface area contributed by atoms with Crippen molar-refractivity contribution >= 4 is 27.7 Å². The highest BCUT2D eigenvalue weighted by Crippen LogP contribution is 2.40. The van der Waals surface area contributed by atoms with Crippen molar-refractivity contribution in [1.82, 2.24) is 20.0 Å². The largest absolute Gasteiger partial charge is 0.394 e. The quantitative estimate of drug-likeness (QED) is 0.455. The van der Waals surface area contributed by atoms with Crippen molar-refractivity contribution in [2.75, 3.05) is 13.7 Å². The van der Waals surface area contributed by atoms with E-state index in [9.17, 15) is 23.4 Å². The molecular formula is C20H18BrF3N4O4S. The molecule has 3 heterocycles. The Hall–Kier alpha value is -2.03. The number of pyridine rings is 1. The highest BCUT2D eigenvalue weighted by atomic mass is 79.9. The minimum absolute atomic E-state index is 0.0296. The third-order valence-electron chi connectivity index (χ3n) is 5.12. The SMILES string of the molecule is CO[C@@H]1[C@@H](n2cc(-c3cc(F)c(F)c(F)c3)nn2)[C@@H](O)[C@@H](CO)O[C@@H]1Sc1cncc(Br)c1. The lowest BCUT2D eigenvalue weighted by molar-refractivity contribution is -0.186. The predicted molar refractivity (Wildman–Crippen MR) is 115 cm³/mol. The molecule has 33 heavy (non-hydrogen) atoms. The second kappa shape index (κ2) is 10.1. The molecule has 13 heteroatoms. The van der Waals surface area contributed by atoms with Crippen LogP contribution in [0.5, 0.6) is 0 Å². The summed E-state index contributed by atoms with van der Waals surface area (Å²) in [6.45, 7) is -0.474. The third kappa shape index (κ3) is 4.93. The Morgan fingerprint density at radius 3 is 2.58 bits per heavy atom. The molecule has 2 aromatic heterocycles. The van der Waals surface area contributed by atoms with Gasteiger partial charge in [0, 0.05) is 34.4 Å². The number of nitrogens with zero attached hydrogens (tertiary/aromatic N) is 4. The van der Waals surface area contributed by atoms with Gasteiger partial charge in [0.15, 0.2) is 17.5 Å². The zero-order chi connectivity index (χ0) is 23.7. The second-order valence-corrected chi connectivity index (χ2v) is 9.29. The molecule has 1 saturated heterocycles. The molecule has 0 saturated carbocycles. The van der Waals surface area contributed by atoms with Crippen LogP contribution in [0.15, 0.2) is 46.2 Å². The molecule has 1 aliphatic heterocycles. The van der Waals surface area contributed by atoms with Crippen LogP contribution in [0.25, 0.3) is 11.3 Å². The number of benzene rings is 1. The van der Waals surface area contributed by atoms with E-state index in [0.717, 1.165) is 21.5 Å². The first-order valence-electron chi connectivity index (χ1n) is 9.63. The van der Waals surface area contributed by atoms with E-state index in [1.54, 1.807) is 12.4 Å². The highest BCUT2D eigenvalue weighted by molar-refractivity contribution is 9.10. The van der Waals surface area contributed by atoms with Crippen molar-refractivity contribution in [3.8, 4) is 11.3 Å². The topological polar surface area (TPSA) is 103 Å². The first kappa shape index (κ1) is 24.1. The summed E-state index contributed by atoms with van der Waals surface area (Å²) in [6, 6.07) is 2.56. The number of rotatable bonds is 6. The van der Waals surface area contributed by atoms with Crippen LogP contribution >= 0.6 is 27.7 Å². The molecule has 0 radical (unpaired) electrons. The summed E-state index contributed by atoms with van der Waals surface area (Å²) in [5, 5.41) is 28.5. The zero-order valence-corrected chi connectivity index (χ0v) is 19.4. The summed E-state index contributed by atoms with van der Waals surface area (Å²) < 4.78 is 54.2. The van der Waals surface area contributed by atoms with Gasteiger partial charge in [-0.15, -0.1) is 5.10 Å². The number of hydrogen-bond donors (Lipinski definition) is 2. The van der Waals surface area contributed by atoms with Crippen molar-refractivity contribution in [3.63, 3.8) is 0 Å². The average Bonchev–Trinajstić information content (AvgIpc) is 3.27. The number of thioether (sulfide) groups is 1. The van der Waals surface area contributed by atoms with Gasteiger partial charge < -0.3 is 19.7 Å². The molecule has 0 spiro atoms. The van der Waals surface area contributed by atoms with Crippen molar-refractivity contribution in [2.45, 2.75) is 34.7 Å². The number of hydrogen-bond acceptors (Lipinski definition) is 8. The summed E-state index contributed by atoms with van der Waals surface area (Å²) in [5.41, 5.74) is -0.648. The van der Waals surface area contributed by atoms with Gasteiger partial charge in [-0.2, -0.15) is 0 Å². The van der Waals surface area contributed by atoms with Crippen LogP contribution < -0.4 is 0 Å². The molecule has 8 nitrogen and oxygen atoms in total. The maximum Gasteiger partial charge on any atom is 0.194 e. The van der Waals surface area contributed by atoms with Crippen molar-refractivity contribution in [1.29, 1.82) is 0 Å². The summed E-state index contributed by atoms with van der Waals surface area (Å²) in [4.78, 5) is 4.86. The fraction of sp³-hybridized carbons (Fsp3) is 0.350. The fourth-order valence-electron chi connectivity index (χ4n) is 3.56. The van der Waals surface area contributed by atoms with Gasteiger partial charge in [0.05, 0.1) is 12.8 Å². The number of aromatic nitrogens is 4. The lowest BCUT2D eigenvalue weighted by atomic mass is 9.97.